The molecule has 2 rings (SSSR count). The van der Waals surface area contributed by atoms with E-state index < -0.39 is 0 Å². The molecule has 0 aliphatic heterocycles. The summed E-state index contributed by atoms with van der Waals surface area (Å²) in [6, 6.07) is 17.9. The Morgan fingerprint density at radius 2 is 1.35 bits per heavy atom. The smallest absolute Gasteiger partial charge is 0.206 e. The van der Waals surface area contributed by atoms with Gasteiger partial charge in [0.05, 0.1) is 5.71 Å². The van der Waals surface area contributed by atoms with Crippen molar-refractivity contribution in [2.75, 3.05) is 6.54 Å². The number of hydrogen-bond acceptors (Lipinski definition) is 3. The molecule has 0 N–H and O–H groups in total. The van der Waals surface area contributed by atoms with Crippen LogP contribution < -0.4 is 0 Å². The zero-order valence-corrected chi connectivity index (χ0v) is 11.2. The summed E-state index contributed by atoms with van der Waals surface area (Å²) in [6.07, 6.45) is 0. The van der Waals surface area contributed by atoms with E-state index in [-0.39, 0.29) is 18.1 Å². The molecule has 0 spiro atoms. The predicted molar refractivity (Wildman–Crippen MR) is 79.5 cm³/mol. The Bertz CT molecular complexity index is 631. The number of nitrogens with zero attached hydrogens (tertiary/aromatic N) is 1. The van der Waals surface area contributed by atoms with Crippen LogP contribution >= 0.6 is 0 Å². The van der Waals surface area contributed by atoms with Gasteiger partial charge in [0.2, 0.25) is 5.78 Å². The van der Waals surface area contributed by atoms with Gasteiger partial charge in [-0.15, -0.1) is 0 Å². The third-order valence-electron chi connectivity index (χ3n) is 2.92. The van der Waals surface area contributed by atoms with Crippen molar-refractivity contribution in [3.63, 3.8) is 0 Å². The first-order valence-corrected chi connectivity index (χ1v) is 6.37. The van der Waals surface area contributed by atoms with Crippen molar-refractivity contribution < 1.29 is 9.59 Å². The molecule has 0 amide bonds. The Hall–Kier alpha value is -2.55. The van der Waals surface area contributed by atoms with Gasteiger partial charge in [-0.2, -0.15) is 0 Å². The molecule has 0 saturated heterocycles. The lowest BCUT2D eigenvalue weighted by atomic mass is 10.1. The van der Waals surface area contributed by atoms with E-state index in [2.05, 4.69) is 4.99 Å². The van der Waals surface area contributed by atoms with Gasteiger partial charge in [0.25, 0.3) is 0 Å². The summed E-state index contributed by atoms with van der Waals surface area (Å²) >= 11 is 0. The van der Waals surface area contributed by atoms with Crippen LogP contribution in [0.5, 0.6) is 0 Å². The third kappa shape index (κ3) is 3.48. The van der Waals surface area contributed by atoms with Gasteiger partial charge in [0.1, 0.15) is 6.54 Å². The molecule has 0 fully saturated rings. The number of ketones is 2. The van der Waals surface area contributed by atoms with Crippen LogP contribution in [-0.4, -0.2) is 23.8 Å². The van der Waals surface area contributed by atoms with Crippen LogP contribution in [0.3, 0.4) is 0 Å². The number of carbonyl (C=O) groups is 2. The zero-order valence-electron chi connectivity index (χ0n) is 11.2. The summed E-state index contributed by atoms with van der Waals surface area (Å²) in [5.41, 5.74) is 1.54. The van der Waals surface area contributed by atoms with Crippen molar-refractivity contribution in [2.24, 2.45) is 4.99 Å². The lowest BCUT2D eigenvalue weighted by molar-refractivity contribution is 0.100. The first kappa shape index (κ1) is 13.9. The Morgan fingerprint density at radius 3 is 1.90 bits per heavy atom. The summed E-state index contributed by atoms with van der Waals surface area (Å²) < 4.78 is 0. The standard InChI is InChI=1S/C17H15NO2/c1-13(17(20)15-10-6-3-7-11-15)18-12-16(19)14-8-4-2-5-9-14/h2-11H,12H2,1H3. The van der Waals surface area contributed by atoms with Crippen molar-refractivity contribution in [3.05, 3.63) is 71.8 Å². The van der Waals surface area contributed by atoms with E-state index in [4.69, 9.17) is 0 Å². The van der Waals surface area contributed by atoms with E-state index in [1.165, 1.54) is 0 Å². The van der Waals surface area contributed by atoms with Gasteiger partial charge in [-0.05, 0) is 6.92 Å². The fourth-order valence-corrected chi connectivity index (χ4v) is 1.78. The molecule has 3 heteroatoms. The van der Waals surface area contributed by atoms with Crippen LogP contribution in [0.2, 0.25) is 0 Å². The SMILES string of the molecule is CC(=NCC(=O)c1ccccc1)C(=O)c1ccccc1. The highest BCUT2D eigenvalue weighted by molar-refractivity contribution is 6.45. The molecular weight excluding hydrogens is 250 g/mol. The normalized spacial score (nSPS) is 11.2. The van der Waals surface area contributed by atoms with Crippen molar-refractivity contribution in [1.82, 2.24) is 0 Å². The molecule has 2 aromatic rings. The fraction of sp³-hybridized carbons (Fsp3) is 0.118. The first-order chi connectivity index (χ1) is 9.68. The number of carbonyl (C=O) groups excluding carboxylic acids is 2. The van der Waals surface area contributed by atoms with Crippen LogP contribution in [0.15, 0.2) is 65.7 Å². The summed E-state index contributed by atoms with van der Waals surface area (Å²) in [6.45, 7) is 1.63. The maximum Gasteiger partial charge on any atom is 0.206 e. The van der Waals surface area contributed by atoms with Crippen LogP contribution in [0, 0.1) is 0 Å². The van der Waals surface area contributed by atoms with Gasteiger partial charge < -0.3 is 0 Å². The Labute approximate surface area is 118 Å². The minimum absolute atomic E-state index is 0.00554. The summed E-state index contributed by atoms with van der Waals surface area (Å²) in [4.78, 5) is 28.0. The molecule has 3 nitrogen and oxygen atoms in total. The highest BCUT2D eigenvalue weighted by atomic mass is 16.1. The van der Waals surface area contributed by atoms with Gasteiger partial charge in [-0.1, -0.05) is 60.7 Å². The van der Waals surface area contributed by atoms with Crippen LogP contribution in [-0.2, 0) is 0 Å². The first-order valence-electron chi connectivity index (χ1n) is 6.37. The number of benzene rings is 2. The Morgan fingerprint density at radius 1 is 0.850 bits per heavy atom. The monoisotopic (exact) mass is 265 g/mol. The van der Waals surface area contributed by atoms with Crippen LogP contribution in [0.4, 0.5) is 0 Å². The van der Waals surface area contributed by atoms with Gasteiger partial charge in [0.15, 0.2) is 5.78 Å². The van der Waals surface area contributed by atoms with Crippen LogP contribution in [0.25, 0.3) is 0 Å². The molecule has 0 heterocycles. The van der Waals surface area contributed by atoms with E-state index in [0.717, 1.165) is 0 Å². The molecule has 100 valence electrons. The quantitative estimate of drug-likeness (QED) is 0.615. The summed E-state index contributed by atoms with van der Waals surface area (Å²) in [7, 11) is 0. The van der Waals surface area contributed by atoms with E-state index in [1.807, 2.05) is 12.1 Å². The Balaban J connectivity index is 2.05. The molecule has 0 aromatic heterocycles. The minimum Gasteiger partial charge on any atom is -0.292 e. The molecular formula is C17H15NO2. The summed E-state index contributed by atoms with van der Waals surface area (Å²) in [5.74, 6) is -0.239. The van der Waals surface area contributed by atoms with Gasteiger partial charge in [-0.3, -0.25) is 14.6 Å². The lowest BCUT2D eigenvalue weighted by Gasteiger charge is -2.01. The molecule has 0 aliphatic rings. The molecule has 2 aromatic carbocycles. The molecule has 0 saturated carbocycles. The van der Waals surface area contributed by atoms with Gasteiger partial charge >= 0.3 is 0 Å². The average molecular weight is 265 g/mol. The summed E-state index contributed by atoms with van der Waals surface area (Å²) in [5, 5.41) is 0. The van der Waals surface area contributed by atoms with Crippen LogP contribution in [0.1, 0.15) is 27.6 Å². The second-order valence-electron chi connectivity index (χ2n) is 4.39. The van der Waals surface area contributed by atoms with Gasteiger partial charge in [-0.25, -0.2) is 0 Å². The van der Waals surface area contributed by atoms with Crippen molar-refractivity contribution in [2.45, 2.75) is 6.92 Å². The molecule has 0 aliphatic carbocycles. The molecule has 0 atom stereocenters. The van der Waals surface area contributed by atoms with E-state index in [0.29, 0.717) is 16.8 Å². The average Bonchev–Trinajstić information content (AvgIpc) is 2.53. The second kappa shape index (κ2) is 6.57. The molecule has 20 heavy (non-hydrogen) atoms. The predicted octanol–water partition coefficient (Wildman–Crippen LogP) is 3.21. The fourth-order valence-electron chi connectivity index (χ4n) is 1.78. The highest BCUT2D eigenvalue weighted by Crippen LogP contribution is 2.03. The minimum atomic E-state index is -0.147. The van der Waals surface area contributed by atoms with Crippen molar-refractivity contribution in [3.8, 4) is 0 Å². The van der Waals surface area contributed by atoms with E-state index in [1.54, 1.807) is 55.5 Å². The third-order valence-corrected chi connectivity index (χ3v) is 2.92. The topological polar surface area (TPSA) is 46.5 Å². The maximum atomic E-state index is 12.1. The van der Waals surface area contributed by atoms with Crippen molar-refractivity contribution in [1.29, 1.82) is 0 Å². The molecule has 0 radical (unpaired) electrons. The molecule has 0 unspecified atom stereocenters. The highest BCUT2D eigenvalue weighted by Gasteiger charge is 2.10. The number of rotatable bonds is 5. The number of aliphatic imine (C=N–C) groups is 1. The largest absolute Gasteiger partial charge is 0.292 e. The van der Waals surface area contributed by atoms with E-state index in [9.17, 15) is 9.59 Å². The van der Waals surface area contributed by atoms with Crippen molar-refractivity contribution >= 4 is 17.3 Å². The van der Waals surface area contributed by atoms with E-state index >= 15 is 0 Å². The number of hydrogen-bond donors (Lipinski definition) is 0. The number of Topliss-reactive ketones (excluding diaryl/α,β-unsaturated/α-hetero) is 2. The maximum absolute atomic E-state index is 12.1. The second-order valence-corrected chi connectivity index (χ2v) is 4.39. The Kier molecular flexibility index (Phi) is 4.56. The zero-order chi connectivity index (χ0) is 14.4. The van der Waals surface area contributed by atoms with Gasteiger partial charge in [0, 0.05) is 11.1 Å². The molecule has 0 bridgehead atoms. The lowest BCUT2D eigenvalue weighted by Crippen LogP contribution is -2.13.